The second-order valence-electron chi connectivity index (χ2n) is 3.05. The SMILES string of the molecule is COCCCNC(=O)NCC(OC)C(=O)O. The number of hydrogen-bond donors (Lipinski definition) is 3. The summed E-state index contributed by atoms with van der Waals surface area (Å²) >= 11 is 0. The Morgan fingerprint density at radius 2 is 2.00 bits per heavy atom. The van der Waals surface area contributed by atoms with E-state index in [-0.39, 0.29) is 6.54 Å². The van der Waals surface area contributed by atoms with Crippen LogP contribution in [0.15, 0.2) is 0 Å². The average molecular weight is 234 g/mol. The zero-order valence-corrected chi connectivity index (χ0v) is 9.49. The van der Waals surface area contributed by atoms with Gasteiger partial charge in [-0.3, -0.25) is 0 Å². The van der Waals surface area contributed by atoms with Crippen LogP contribution in [0.3, 0.4) is 0 Å². The van der Waals surface area contributed by atoms with Gasteiger partial charge in [0.05, 0.1) is 6.54 Å². The highest BCUT2D eigenvalue weighted by atomic mass is 16.5. The highest BCUT2D eigenvalue weighted by molar-refractivity contribution is 5.76. The van der Waals surface area contributed by atoms with Gasteiger partial charge < -0.3 is 25.2 Å². The fourth-order valence-electron chi connectivity index (χ4n) is 0.938. The van der Waals surface area contributed by atoms with E-state index >= 15 is 0 Å². The summed E-state index contributed by atoms with van der Waals surface area (Å²) in [5.74, 6) is -1.11. The third-order valence-corrected chi connectivity index (χ3v) is 1.82. The number of rotatable bonds is 8. The summed E-state index contributed by atoms with van der Waals surface area (Å²) in [7, 11) is 2.85. The summed E-state index contributed by atoms with van der Waals surface area (Å²) < 4.78 is 9.44. The number of aliphatic carboxylic acids is 1. The first-order chi connectivity index (χ1) is 7.61. The van der Waals surface area contributed by atoms with E-state index in [1.807, 2.05) is 0 Å². The van der Waals surface area contributed by atoms with Crippen molar-refractivity contribution in [3.05, 3.63) is 0 Å². The maximum atomic E-state index is 11.1. The van der Waals surface area contributed by atoms with Crippen molar-refractivity contribution in [1.82, 2.24) is 10.6 Å². The van der Waals surface area contributed by atoms with E-state index in [1.165, 1.54) is 7.11 Å². The lowest BCUT2D eigenvalue weighted by Gasteiger charge is -2.12. The molecule has 3 N–H and O–H groups in total. The number of urea groups is 1. The van der Waals surface area contributed by atoms with Gasteiger partial charge in [-0.1, -0.05) is 0 Å². The van der Waals surface area contributed by atoms with Gasteiger partial charge in [-0.15, -0.1) is 0 Å². The van der Waals surface area contributed by atoms with Gasteiger partial charge in [0.2, 0.25) is 0 Å². The molecule has 7 nitrogen and oxygen atoms in total. The molecule has 0 bridgehead atoms. The maximum Gasteiger partial charge on any atom is 0.334 e. The van der Waals surface area contributed by atoms with Crippen LogP contribution in [0.25, 0.3) is 0 Å². The number of amides is 2. The Bertz CT molecular complexity index is 222. The summed E-state index contributed by atoms with van der Waals surface area (Å²) in [6.07, 6.45) is -0.318. The number of carbonyl (C=O) groups excluding carboxylic acids is 1. The summed E-state index contributed by atoms with van der Waals surface area (Å²) in [5, 5.41) is 13.6. The molecule has 0 aromatic heterocycles. The highest BCUT2D eigenvalue weighted by Crippen LogP contribution is 1.87. The number of carbonyl (C=O) groups is 2. The molecule has 0 aliphatic carbocycles. The van der Waals surface area contributed by atoms with E-state index in [0.29, 0.717) is 19.6 Å². The van der Waals surface area contributed by atoms with E-state index in [0.717, 1.165) is 0 Å². The van der Waals surface area contributed by atoms with Gasteiger partial charge in [0, 0.05) is 27.4 Å². The minimum Gasteiger partial charge on any atom is -0.479 e. The molecule has 0 aliphatic rings. The molecule has 0 saturated carbocycles. The van der Waals surface area contributed by atoms with Crippen LogP contribution in [-0.2, 0) is 14.3 Å². The summed E-state index contributed by atoms with van der Waals surface area (Å²) in [5.41, 5.74) is 0. The number of nitrogens with one attached hydrogen (secondary N) is 2. The van der Waals surface area contributed by atoms with Crippen molar-refractivity contribution in [3.8, 4) is 0 Å². The fraction of sp³-hybridized carbons (Fsp3) is 0.778. The third-order valence-electron chi connectivity index (χ3n) is 1.82. The molecule has 1 atom stereocenters. The monoisotopic (exact) mass is 234 g/mol. The summed E-state index contributed by atoms with van der Waals surface area (Å²) in [6, 6.07) is -0.417. The Kier molecular flexibility index (Phi) is 8.18. The quantitative estimate of drug-likeness (QED) is 0.488. The molecule has 0 heterocycles. The molecule has 0 aromatic rings. The zero-order valence-electron chi connectivity index (χ0n) is 9.49. The van der Waals surface area contributed by atoms with Crippen LogP contribution in [0, 0.1) is 0 Å². The lowest BCUT2D eigenvalue weighted by Crippen LogP contribution is -2.43. The van der Waals surface area contributed by atoms with E-state index < -0.39 is 18.1 Å². The van der Waals surface area contributed by atoms with Crippen molar-refractivity contribution < 1.29 is 24.2 Å². The van der Waals surface area contributed by atoms with Crippen LogP contribution in [0.1, 0.15) is 6.42 Å². The molecule has 0 fully saturated rings. The van der Waals surface area contributed by atoms with Gasteiger partial charge in [0.25, 0.3) is 0 Å². The normalized spacial score (nSPS) is 11.9. The van der Waals surface area contributed by atoms with Crippen molar-refractivity contribution in [2.24, 2.45) is 0 Å². The minimum absolute atomic E-state index is 0.0675. The molecular weight excluding hydrogens is 216 g/mol. The predicted octanol–water partition coefficient (Wildman–Crippen LogP) is -0.578. The Hall–Kier alpha value is -1.34. The minimum atomic E-state index is -1.11. The molecule has 0 radical (unpaired) electrons. The van der Waals surface area contributed by atoms with Crippen LogP contribution in [0.2, 0.25) is 0 Å². The first-order valence-electron chi connectivity index (χ1n) is 4.88. The molecule has 0 spiro atoms. The second-order valence-corrected chi connectivity index (χ2v) is 3.05. The van der Waals surface area contributed by atoms with Crippen LogP contribution >= 0.6 is 0 Å². The van der Waals surface area contributed by atoms with Crippen LogP contribution in [-0.4, -0.2) is 57.1 Å². The molecule has 0 aliphatic heterocycles. The zero-order chi connectivity index (χ0) is 12.4. The van der Waals surface area contributed by atoms with Crippen molar-refractivity contribution in [2.45, 2.75) is 12.5 Å². The topological polar surface area (TPSA) is 96.9 Å². The van der Waals surface area contributed by atoms with Gasteiger partial charge in [0.15, 0.2) is 6.10 Å². The molecule has 2 amide bonds. The van der Waals surface area contributed by atoms with Gasteiger partial charge in [-0.05, 0) is 6.42 Å². The van der Waals surface area contributed by atoms with Crippen LogP contribution < -0.4 is 10.6 Å². The van der Waals surface area contributed by atoms with E-state index in [2.05, 4.69) is 15.4 Å². The van der Waals surface area contributed by atoms with Crippen molar-refractivity contribution >= 4 is 12.0 Å². The molecule has 0 saturated heterocycles. The Labute approximate surface area is 94.1 Å². The molecule has 0 aromatic carbocycles. The van der Waals surface area contributed by atoms with Gasteiger partial charge in [0.1, 0.15) is 0 Å². The van der Waals surface area contributed by atoms with Gasteiger partial charge in [-0.2, -0.15) is 0 Å². The predicted molar refractivity (Wildman–Crippen MR) is 56.3 cm³/mol. The Morgan fingerprint density at radius 1 is 1.31 bits per heavy atom. The molecule has 7 heteroatoms. The van der Waals surface area contributed by atoms with Gasteiger partial charge in [-0.25, -0.2) is 9.59 Å². The van der Waals surface area contributed by atoms with Crippen molar-refractivity contribution in [2.75, 3.05) is 33.9 Å². The van der Waals surface area contributed by atoms with E-state index in [4.69, 9.17) is 9.84 Å². The van der Waals surface area contributed by atoms with E-state index in [1.54, 1.807) is 7.11 Å². The average Bonchev–Trinajstić information content (AvgIpc) is 2.25. The molecule has 1 unspecified atom stereocenters. The second kappa shape index (κ2) is 8.93. The summed E-state index contributed by atoms with van der Waals surface area (Å²) in [6.45, 7) is 0.975. The van der Waals surface area contributed by atoms with Crippen molar-refractivity contribution in [3.63, 3.8) is 0 Å². The smallest absolute Gasteiger partial charge is 0.334 e. The summed E-state index contributed by atoms with van der Waals surface area (Å²) in [4.78, 5) is 21.7. The van der Waals surface area contributed by atoms with E-state index in [9.17, 15) is 9.59 Å². The number of carboxylic acid groups (broad SMARTS) is 1. The number of ether oxygens (including phenoxy) is 2. The lowest BCUT2D eigenvalue weighted by molar-refractivity contribution is -0.147. The molecule has 16 heavy (non-hydrogen) atoms. The van der Waals surface area contributed by atoms with Crippen molar-refractivity contribution in [1.29, 1.82) is 0 Å². The van der Waals surface area contributed by atoms with Crippen LogP contribution in [0.5, 0.6) is 0 Å². The molecular formula is C9H18N2O5. The lowest BCUT2D eigenvalue weighted by atomic mass is 10.3. The standard InChI is InChI=1S/C9H18N2O5/c1-15-5-3-4-10-9(14)11-6-7(16-2)8(12)13/h7H,3-6H2,1-2H3,(H,12,13)(H2,10,11,14). The maximum absolute atomic E-state index is 11.1. The molecule has 0 rings (SSSR count). The highest BCUT2D eigenvalue weighted by Gasteiger charge is 2.16. The third kappa shape index (κ3) is 7.02. The first kappa shape index (κ1) is 14.7. The number of methoxy groups -OCH3 is 2. The first-order valence-corrected chi connectivity index (χ1v) is 4.88. The fourth-order valence-corrected chi connectivity index (χ4v) is 0.938. The van der Waals surface area contributed by atoms with Crippen LogP contribution in [0.4, 0.5) is 4.79 Å². The molecule has 94 valence electrons. The largest absolute Gasteiger partial charge is 0.479 e. The Morgan fingerprint density at radius 3 is 2.50 bits per heavy atom. The van der Waals surface area contributed by atoms with Gasteiger partial charge >= 0.3 is 12.0 Å². The number of carboxylic acids is 1. The Balaban J connectivity index is 3.59. The number of hydrogen-bond acceptors (Lipinski definition) is 4.